The number of nitrogens with one attached hydrogen (secondary N) is 1. The first kappa shape index (κ1) is 20.7. The van der Waals surface area contributed by atoms with Gasteiger partial charge in [-0.2, -0.15) is 0 Å². The summed E-state index contributed by atoms with van der Waals surface area (Å²) in [5.74, 6) is 1.67. The summed E-state index contributed by atoms with van der Waals surface area (Å²) < 4.78 is 11.5. The van der Waals surface area contributed by atoms with Crippen LogP contribution in [0.25, 0.3) is 0 Å². The van der Waals surface area contributed by atoms with Crippen LogP contribution in [-0.2, 0) is 9.59 Å². The highest BCUT2D eigenvalue weighted by molar-refractivity contribution is 7.99. The molecule has 166 valence electrons. The molecule has 2 aromatic rings. The third-order valence-electron chi connectivity index (χ3n) is 5.75. The van der Waals surface area contributed by atoms with Crippen LogP contribution in [0.2, 0.25) is 0 Å². The Hall–Kier alpha value is -3.20. The van der Waals surface area contributed by atoms with Crippen LogP contribution in [-0.4, -0.2) is 72.2 Å². The number of benzene rings is 2. The number of carbonyl (C=O) groups is 3. The molecule has 2 aromatic carbocycles. The van der Waals surface area contributed by atoms with Crippen molar-refractivity contribution in [3.8, 4) is 11.5 Å². The highest BCUT2D eigenvalue weighted by atomic mass is 32.2. The topological polar surface area (TPSA) is 88.2 Å². The van der Waals surface area contributed by atoms with Gasteiger partial charge in [0.25, 0.3) is 11.8 Å². The van der Waals surface area contributed by atoms with Gasteiger partial charge in [-0.15, -0.1) is 11.8 Å². The monoisotopic (exact) mass is 453 g/mol. The molecule has 1 saturated heterocycles. The number of piperazine rings is 1. The van der Waals surface area contributed by atoms with Gasteiger partial charge < -0.3 is 24.6 Å². The van der Waals surface area contributed by atoms with Gasteiger partial charge in [-0.05, 0) is 30.3 Å². The molecule has 8 nitrogen and oxygen atoms in total. The highest BCUT2D eigenvalue weighted by Crippen LogP contribution is 2.33. The molecule has 0 spiro atoms. The number of rotatable bonds is 2. The minimum absolute atomic E-state index is 0.0375. The van der Waals surface area contributed by atoms with Gasteiger partial charge in [-0.1, -0.05) is 12.1 Å². The molecule has 3 heterocycles. The Balaban J connectivity index is 1.20. The van der Waals surface area contributed by atoms with Crippen molar-refractivity contribution in [1.29, 1.82) is 0 Å². The van der Waals surface area contributed by atoms with E-state index in [-0.39, 0.29) is 24.3 Å². The Labute approximate surface area is 189 Å². The molecule has 3 aliphatic heterocycles. The fraction of sp³-hybridized carbons (Fsp3) is 0.348. The predicted molar refractivity (Wildman–Crippen MR) is 119 cm³/mol. The van der Waals surface area contributed by atoms with Crippen molar-refractivity contribution in [2.45, 2.75) is 17.4 Å². The van der Waals surface area contributed by atoms with Crippen LogP contribution in [0.4, 0.5) is 5.69 Å². The molecule has 5 rings (SSSR count). The molecule has 3 aliphatic rings. The van der Waals surface area contributed by atoms with E-state index >= 15 is 0 Å². The van der Waals surface area contributed by atoms with Crippen molar-refractivity contribution in [2.75, 3.05) is 43.9 Å². The number of thioether (sulfide) groups is 1. The van der Waals surface area contributed by atoms with E-state index in [2.05, 4.69) is 5.32 Å². The van der Waals surface area contributed by atoms with E-state index < -0.39 is 6.10 Å². The first-order chi connectivity index (χ1) is 15.6. The maximum atomic E-state index is 13.0. The number of fused-ring (bicyclic) bond motifs is 2. The summed E-state index contributed by atoms with van der Waals surface area (Å²) in [5.41, 5.74) is 1.22. The number of amides is 3. The van der Waals surface area contributed by atoms with Gasteiger partial charge in [0.15, 0.2) is 11.5 Å². The van der Waals surface area contributed by atoms with Crippen LogP contribution >= 0.6 is 11.8 Å². The van der Waals surface area contributed by atoms with Crippen molar-refractivity contribution in [2.24, 2.45) is 0 Å². The zero-order chi connectivity index (χ0) is 22.1. The maximum absolute atomic E-state index is 13.0. The van der Waals surface area contributed by atoms with E-state index in [0.29, 0.717) is 55.3 Å². The van der Waals surface area contributed by atoms with Gasteiger partial charge in [-0.25, -0.2) is 0 Å². The Bertz CT molecular complexity index is 1070. The van der Waals surface area contributed by atoms with Gasteiger partial charge >= 0.3 is 0 Å². The lowest BCUT2D eigenvalue weighted by molar-refractivity contribution is -0.142. The molecular weight excluding hydrogens is 430 g/mol. The summed E-state index contributed by atoms with van der Waals surface area (Å²) in [6, 6.07) is 12.7. The van der Waals surface area contributed by atoms with Crippen LogP contribution in [0.3, 0.4) is 0 Å². The zero-order valence-electron chi connectivity index (χ0n) is 17.4. The van der Waals surface area contributed by atoms with E-state index in [4.69, 9.17) is 9.47 Å². The lowest BCUT2D eigenvalue weighted by atomic mass is 10.1. The molecule has 32 heavy (non-hydrogen) atoms. The summed E-state index contributed by atoms with van der Waals surface area (Å²) >= 11 is 1.61. The Kier molecular flexibility index (Phi) is 5.65. The molecule has 9 heteroatoms. The van der Waals surface area contributed by atoms with Crippen LogP contribution in [0.15, 0.2) is 47.4 Å². The number of para-hydroxylation sites is 2. The summed E-state index contributed by atoms with van der Waals surface area (Å²) in [7, 11) is 0. The number of nitrogens with zero attached hydrogens (tertiary/aromatic N) is 2. The van der Waals surface area contributed by atoms with Gasteiger partial charge in [-0.3, -0.25) is 14.4 Å². The fourth-order valence-electron chi connectivity index (χ4n) is 4.01. The second-order valence-corrected chi connectivity index (χ2v) is 8.98. The molecule has 0 aromatic heterocycles. The average molecular weight is 454 g/mol. The number of hydrogen-bond donors (Lipinski definition) is 1. The minimum atomic E-state index is -0.683. The molecule has 0 saturated carbocycles. The zero-order valence-corrected chi connectivity index (χ0v) is 18.2. The quantitative estimate of drug-likeness (QED) is 0.751. The molecule has 1 atom stereocenters. The van der Waals surface area contributed by atoms with E-state index in [9.17, 15) is 14.4 Å². The average Bonchev–Trinajstić information content (AvgIpc) is 3.02. The fourth-order valence-corrected chi connectivity index (χ4v) is 4.95. The summed E-state index contributed by atoms with van der Waals surface area (Å²) in [6.45, 7) is 1.92. The maximum Gasteiger partial charge on any atom is 0.267 e. The van der Waals surface area contributed by atoms with Crippen molar-refractivity contribution in [3.05, 3.63) is 48.0 Å². The van der Waals surface area contributed by atoms with Crippen LogP contribution in [0.5, 0.6) is 11.5 Å². The van der Waals surface area contributed by atoms with Gasteiger partial charge in [0.1, 0.15) is 6.61 Å². The number of anilines is 1. The molecule has 0 radical (unpaired) electrons. The lowest BCUT2D eigenvalue weighted by Crippen LogP contribution is -2.55. The van der Waals surface area contributed by atoms with Crippen LogP contribution < -0.4 is 14.8 Å². The highest BCUT2D eigenvalue weighted by Gasteiger charge is 2.33. The van der Waals surface area contributed by atoms with Crippen LogP contribution in [0, 0.1) is 0 Å². The van der Waals surface area contributed by atoms with E-state index in [0.717, 1.165) is 10.6 Å². The van der Waals surface area contributed by atoms with Crippen molar-refractivity contribution >= 4 is 35.2 Å². The van der Waals surface area contributed by atoms with Crippen LogP contribution in [0.1, 0.15) is 16.8 Å². The molecular formula is C23H23N3O5S. The molecule has 1 N–H and O–H groups in total. The van der Waals surface area contributed by atoms with Crippen molar-refractivity contribution in [1.82, 2.24) is 9.80 Å². The largest absolute Gasteiger partial charge is 0.485 e. The van der Waals surface area contributed by atoms with Gasteiger partial charge in [0.05, 0.1) is 5.69 Å². The second kappa shape index (κ2) is 8.74. The van der Waals surface area contributed by atoms with Crippen molar-refractivity contribution < 1.29 is 23.9 Å². The predicted octanol–water partition coefficient (Wildman–Crippen LogP) is 2.25. The Morgan fingerprint density at radius 3 is 2.56 bits per heavy atom. The Morgan fingerprint density at radius 1 is 1.00 bits per heavy atom. The third-order valence-corrected chi connectivity index (χ3v) is 6.83. The SMILES string of the molecule is O=C1CCSc2ccc(C(=O)N3CCN(C(=O)[C@H]4COc5ccccc5O4)CC3)cc2N1. The standard InChI is InChI=1S/C23H23N3O5S/c27-21-7-12-32-20-6-5-15(13-16(20)24-21)22(28)25-8-10-26(11-9-25)23(29)19-14-30-17-3-1-2-4-18(17)31-19/h1-6,13,19H,7-12,14H2,(H,24,27)/t19-/m1/s1. The molecule has 3 amide bonds. The Morgan fingerprint density at radius 2 is 1.75 bits per heavy atom. The third kappa shape index (κ3) is 4.12. The normalized spacial score (nSPS) is 20.1. The number of hydrogen-bond acceptors (Lipinski definition) is 6. The summed E-state index contributed by atoms with van der Waals surface area (Å²) in [4.78, 5) is 42.2. The first-order valence-corrected chi connectivity index (χ1v) is 11.6. The van der Waals surface area contributed by atoms with Crippen molar-refractivity contribution in [3.63, 3.8) is 0 Å². The smallest absolute Gasteiger partial charge is 0.267 e. The first-order valence-electron chi connectivity index (χ1n) is 10.6. The van der Waals surface area contributed by atoms with E-state index in [1.54, 1.807) is 39.8 Å². The van der Waals surface area contributed by atoms with Gasteiger partial charge in [0, 0.05) is 48.8 Å². The molecule has 1 fully saturated rings. The minimum Gasteiger partial charge on any atom is -0.485 e. The molecule has 0 unspecified atom stereocenters. The molecule has 0 aliphatic carbocycles. The number of ether oxygens (including phenoxy) is 2. The van der Waals surface area contributed by atoms with E-state index in [1.807, 2.05) is 24.3 Å². The van der Waals surface area contributed by atoms with Gasteiger partial charge in [0.2, 0.25) is 12.0 Å². The molecule has 0 bridgehead atoms. The second-order valence-electron chi connectivity index (χ2n) is 7.84. The van der Waals surface area contributed by atoms with E-state index in [1.165, 1.54) is 0 Å². The lowest BCUT2D eigenvalue weighted by Gasteiger charge is -2.37. The summed E-state index contributed by atoms with van der Waals surface area (Å²) in [6.07, 6.45) is -0.224. The summed E-state index contributed by atoms with van der Waals surface area (Å²) in [5, 5.41) is 2.88. The number of carbonyl (C=O) groups excluding carboxylic acids is 3.